The second kappa shape index (κ2) is 6.29. The fourth-order valence-electron chi connectivity index (χ4n) is 2.22. The lowest BCUT2D eigenvalue weighted by atomic mass is 10.2. The quantitative estimate of drug-likeness (QED) is 0.678. The molecule has 0 aromatic heterocycles. The number of fused-ring (bicyclic) bond motifs is 1. The van der Waals surface area contributed by atoms with E-state index in [2.05, 4.69) is 5.32 Å². The van der Waals surface area contributed by atoms with Crippen LogP contribution in [0.4, 0.5) is 15.8 Å². The summed E-state index contributed by atoms with van der Waals surface area (Å²) >= 11 is 6.13. The van der Waals surface area contributed by atoms with E-state index in [-0.39, 0.29) is 17.9 Å². The Morgan fingerprint density at radius 3 is 2.78 bits per heavy atom. The molecule has 1 N–H and O–H groups in total. The van der Waals surface area contributed by atoms with E-state index in [4.69, 9.17) is 21.1 Å². The number of benzene rings is 2. The molecule has 23 heavy (non-hydrogen) atoms. The molecule has 0 saturated carbocycles. The zero-order chi connectivity index (χ0) is 16.4. The minimum atomic E-state index is -0.692. The summed E-state index contributed by atoms with van der Waals surface area (Å²) < 4.78 is 24.7. The number of nitrogens with one attached hydrogen (secondary N) is 1. The first kappa shape index (κ1) is 15.4. The average Bonchev–Trinajstić information content (AvgIpc) is 2.53. The van der Waals surface area contributed by atoms with Gasteiger partial charge in [0.15, 0.2) is 17.3 Å². The van der Waals surface area contributed by atoms with Crippen molar-refractivity contribution in [3.05, 3.63) is 56.8 Å². The number of nitro benzene ring substituents is 1. The number of hydrogen-bond donors (Lipinski definition) is 1. The molecule has 0 fully saturated rings. The molecule has 0 amide bonds. The Balaban J connectivity index is 1.76. The molecule has 1 aliphatic rings. The lowest BCUT2D eigenvalue weighted by molar-refractivity contribution is -0.385. The van der Waals surface area contributed by atoms with Crippen LogP contribution >= 0.6 is 11.6 Å². The largest absolute Gasteiger partial charge is 0.486 e. The minimum Gasteiger partial charge on any atom is -0.486 e. The van der Waals surface area contributed by atoms with Crippen LogP contribution in [0.2, 0.25) is 5.02 Å². The monoisotopic (exact) mass is 338 g/mol. The van der Waals surface area contributed by atoms with Crippen molar-refractivity contribution in [2.75, 3.05) is 18.5 Å². The van der Waals surface area contributed by atoms with Crippen LogP contribution < -0.4 is 14.8 Å². The number of rotatable bonds is 4. The van der Waals surface area contributed by atoms with Crippen LogP contribution in [-0.2, 0) is 6.54 Å². The fraction of sp³-hybridized carbons (Fsp3) is 0.200. The molecular formula is C15H12ClFN2O4. The Morgan fingerprint density at radius 2 is 2.04 bits per heavy atom. The molecule has 1 heterocycles. The number of non-ortho nitro benzene ring substituents is 1. The van der Waals surface area contributed by atoms with Crippen molar-refractivity contribution in [1.29, 1.82) is 0 Å². The highest BCUT2D eigenvalue weighted by molar-refractivity contribution is 6.32. The molecule has 2 aromatic rings. The van der Waals surface area contributed by atoms with Gasteiger partial charge < -0.3 is 14.8 Å². The second-order valence-electron chi connectivity index (χ2n) is 4.88. The third-order valence-corrected chi connectivity index (χ3v) is 3.58. The summed E-state index contributed by atoms with van der Waals surface area (Å²) in [5.74, 6) is 0.357. The first-order valence-electron chi connectivity index (χ1n) is 6.80. The third-order valence-electron chi connectivity index (χ3n) is 3.30. The number of nitro groups is 1. The van der Waals surface area contributed by atoms with Crippen LogP contribution in [0.3, 0.4) is 0 Å². The van der Waals surface area contributed by atoms with E-state index in [1.54, 1.807) is 12.1 Å². The van der Waals surface area contributed by atoms with Crippen LogP contribution in [0.15, 0.2) is 30.3 Å². The molecule has 2 aromatic carbocycles. The molecule has 0 radical (unpaired) electrons. The summed E-state index contributed by atoms with van der Waals surface area (Å²) in [6.45, 7) is 1.17. The minimum absolute atomic E-state index is 0.168. The Morgan fingerprint density at radius 1 is 1.26 bits per heavy atom. The normalized spacial score (nSPS) is 12.8. The first-order chi connectivity index (χ1) is 11.0. The van der Waals surface area contributed by atoms with E-state index in [1.807, 2.05) is 0 Å². The summed E-state index contributed by atoms with van der Waals surface area (Å²) in [6, 6.07) is 6.90. The van der Waals surface area contributed by atoms with E-state index in [0.29, 0.717) is 29.7 Å². The van der Waals surface area contributed by atoms with Gasteiger partial charge in [-0.1, -0.05) is 11.6 Å². The Labute approximate surface area is 135 Å². The number of hydrogen-bond acceptors (Lipinski definition) is 5. The Kier molecular flexibility index (Phi) is 4.20. The molecule has 0 aliphatic carbocycles. The smallest absolute Gasteiger partial charge is 0.272 e. The van der Waals surface area contributed by atoms with Crippen molar-refractivity contribution in [2.24, 2.45) is 0 Å². The zero-order valence-electron chi connectivity index (χ0n) is 11.8. The number of ether oxygens (including phenoxy) is 2. The Bertz CT molecular complexity index is 769. The van der Waals surface area contributed by atoms with Crippen molar-refractivity contribution in [3.63, 3.8) is 0 Å². The molecule has 0 atom stereocenters. The molecule has 0 spiro atoms. The van der Waals surface area contributed by atoms with Gasteiger partial charge in [0.05, 0.1) is 21.7 Å². The average molecular weight is 339 g/mol. The Hall–Kier alpha value is -2.54. The van der Waals surface area contributed by atoms with Crippen LogP contribution in [0.25, 0.3) is 0 Å². The van der Waals surface area contributed by atoms with Crippen molar-refractivity contribution in [1.82, 2.24) is 0 Å². The highest BCUT2D eigenvalue weighted by Gasteiger charge is 2.17. The number of nitrogens with zero attached hydrogens (tertiary/aromatic N) is 1. The van der Waals surface area contributed by atoms with Crippen LogP contribution in [-0.4, -0.2) is 18.1 Å². The molecule has 3 rings (SSSR count). The van der Waals surface area contributed by atoms with Crippen molar-refractivity contribution in [2.45, 2.75) is 6.54 Å². The van der Waals surface area contributed by atoms with Crippen LogP contribution in [0.1, 0.15) is 5.56 Å². The van der Waals surface area contributed by atoms with E-state index < -0.39 is 10.7 Å². The first-order valence-corrected chi connectivity index (χ1v) is 7.18. The lowest BCUT2D eigenvalue weighted by Gasteiger charge is -2.20. The van der Waals surface area contributed by atoms with Crippen molar-refractivity contribution < 1.29 is 18.8 Å². The van der Waals surface area contributed by atoms with Gasteiger partial charge in [-0.15, -0.1) is 0 Å². The van der Waals surface area contributed by atoms with E-state index in [1.165, 1.54) is 12.1 Å². The molecule has 0 bridgehead atoms. The SMILES string of the molecule is O=[N+]([O-])c1ccc(NCc2cc(Cl)c3c(c2)OCCO3)c(F)c1. The number of halogens is 2. The zero-order valence-corrected chi connectivity index (χ0v) is 12.6. The topological polar surface area (TPSA) is 73.6 Å². The highest BCUT2D eigenvalue weighted by Crippen LogP contribution is 2.38. The maximum atomic E-state index is 13.8. The van der Waals surface area contributed by atoms with Gasteiger partial charge in [-0.2, -0.15) is 0 Å². The summed E-state index contributed by atoms with van der Waals surface area (Å²) in [6.07, 6.45) is 0. The molecule has 0 saturated heterocycles. The second-order valence-corrected chi connectivity index (χ2v) is 5.28. The standard InChI is InChI=1S/C15H12ClFN2O4/c16-11-5-9(6-14-15(11)23-4-3-22-14)8-18-13-2-1-10(19(20)21)7-12(13)17/h1-2,5-7,18H,3-4,8H2. The van der Waals surface area contributed by atoms with Gasteiger partial charge >= 0.3 is 0 Å². The maximum Gasteiger partial charge on any atom is 0.272 e. The molecule has 1 aliphatic heterocycles. The van der Waals surface area contributed by atoms with Gasteiger partial charge in [-0.25, -0.2) is 4.39 Å². The van der Waals surface area contributed by atoms with Gasteiger partial charge in [0.2, 0.25) is 0 Å². The lowest BCUT2D eigenvalue weighted by Crippen LogP contribution is -2.16. The molecule has 8 heteroatoms. The highest BCUT2D eigenvalue weighted by atomic mass is 35.5. The van der Waals surface area contributed by atoms with Crippen LogP contribution in [0, 0.1) is 15.9 Å². The van der Waals surface area contributed by atoms with Gasteiger partial charge in [0.1, 0.15) is 13.2 Å². The predicted molar refractivity (Wildman–Crippen MR) is 82.8 cm³/mol. The van der Waals surface area contributed by atoms with E-state index in [0.717, 1.165) is 11.6 Å². The fourth-order valence-corrected chi connectivity index (χ4v) is 2.51. The van der Waals surface area contributed by atoms with Gasteiger partial charge in [0.25, 0.3) is 5.69 Å². The van der Waals surface area contributed by atoms with E-state index >= 15 is 0 Å². The van der Waals surface area contributed by atoms with Crippen LogP contribution in [0.5, 0.6) is 11.5 Å². The molecule has 6 nitrogen and oxygen atoms in total. The molecule has 120 valence electrons. The molecular weight excluding hydrogens is 327 g/mol. The summed E-state index contributed by atoms with van der Waals surface area (Å²) in [5.41, 5.74) is 0.647. The number of anilines is 1. The van der Waals surface area contributed by atoms with E-state index in [9.17, 15) is 14.5 Å². The molecule has 0 unspecified atom stereocenters. The maximum absolute atomic E-state index is 13.8. The van der Waals surface area contributed by atoms with Crippen molar-refractivity contribution >= 4 is 23.0 Å². The summed E-state index contributed by atoms with van der Waals surface area (Å²) in [4.78, 5) is 9.95. The third kappa shape index (κ3) is 3.29. The summed E-state index contributed by atoms with van der Waals surface area (Å²) in [7, 11) is 0. The van der Waals surface area contributed by atoms with Crippen molar-refractivity contribution in [3.8, 4) is 11.5 Å². The van der Waals surface area contributed by atoms with Gasteiger partial charge in [-0.05, 0) is 23.8 Å². The van der Waals surface area contributed by atoms with Gasteiger partial charge in [-0.3, -0.25) is 10.1 Å². The summed E-state index contributed by atoms with van der Waals surface area (Å²) in [5, 5.41) is 13.9. The van der Waals surface area contributed by atoms with Gasteiger partial charge in [0, 0.05) is 12.6 Å². The predicted octanol–water partition coefficient (Wildman–Crippen LogP) is 3.77.